The van der Waals surface area contributed by atoms with Crippen LogP contribution in [0.25, 0.3) is 0 Å². The summed E-state index contributed by atoms with van der Waals surface area (Å²) >= 11 is 0. The minimum Gasteiger partial charge on any atom is -0.352 e. The second kappa shape index (κ2) is 6.93. The third kappa shape index (κ3) is 5.04. The molecule has 0 aromatic heterocycles. The summed E-state index contributed by atoms with van der Waals surface area (Å²) in [7, 11) is -3.51. The molecule has 0 saturated heterocycles. The van der Waals surface area contributed by atoms with Crippen LogP contribution >= 0.6 is 0 Å². The highest BCUT2D eigenvalue weighted by Crippen LogP contribution is 2.21. The lowest BCUT2D eigenvalue weighted by atomic mass is 10.1. The van der Waals surface area contributed by atoms with Gasteiger partial charge in [-0.15, -0.1) is 0 Å². The Morgan fingerprint density at radius 1 is 1.29 bits per heavy atom. The molecule has 0 aliphatic rings. The van der Waals surface area contributed by atoms with Crippen LogP contribution in [0.5, 0.6) is 0 Å². The molecule has 1 aromatic carbocycles. The first-order valence-electron chi connectivity index (χ1n) is 6.99. The van der Waals surface area contributed by atoms with Gasteiger partial charge in [-0.1, -0.05) is 13.0 Å². The smallest absolute Gasteiger partial charge is 0.240 e. The number of sulfonamides is 1. The molecule has 1 atom stereocenters. The Bertz CT molecular complexity index is 611. The minimum atomic E-state index is -3.51. The van der Waals surface area contributed by atoms with Crippen LogP contribution in [0.1, 0.15) is 31.4 Å². The molecule has 0 aliphatic heterocycles. The van der Waals surface area contributed by atoms with Gasteiger partial charge in [-0.3, -0.25) is 9.10 Å². The van der Waals surface area contributed by atoms with Crippen molar-refractivity contribution >= 4 is 21.6 Å². The lowest BCUT2D eigenvalue weighted by Crippen LogP contribution is -2.43. The summed E-state index contributed by atoms with van der Waals surface area (Å²) in [5, 5.41) is 2.78. The highest BCUT2D eigenvalue weighted by atomic mass is 32.2. The summed E-state index contributed by atoms with van der Waals surface area (Å²) in [6, 6.07) is 5.39. The zero-order chi connectivity index (χ0) is 16.2. The summed E-state index contributed by atoms with van der Waals surface area (Å²) in [5.41, 5.74) is 2.58. The maximum absolute atomic E-state index is 12.0. The summed E-state index contributed by atoms with van der Waals surface area (Å²) in [5.74, 6) is -0.298. The molecule has 5 nitrogen and oxygen atoms in total. The number of nitrogens with zero attached hydrogens (tertiary/aromatic N) is 1. The van der Waals surface area contributed by atoms with Crippen LogP contribution in [0, 0.1) is 13.8 Å². The number of hydrogen-bond donors (Lipinski definition) is 1. The average Bonchev–Trinajstić information content (AvgIpc) is 2.38. The van der Waals surface area contributed by atoms with E-state index in [4.69, 9.17) is 0 Å². The number of rotatable bonds is 6. The molecule has 0 spiro atoms. The van der Waals surface area contributed by atoms with Gasteiger partial charge in [0.15, 0.2) is 0 Å². The molecule has 1 rings (SSSR count). The third-order valence-electron chi connectivity index (χ3n) is 3.49. The fourth-order valence-corrected chi connectivity index (χ4v) is 2.68. The molecule has 1 aromatic rings. The van der Waals surface area contributed by atoms with Crippen molar-refractivity contribution in [2.45, 2.75) is 40.2 Å². The number of carbonyl (C=O) groups excluding carboxylic acids is 1. The Morgan fingerprint density at radius 3 is 2.38 bits per heavy atom. The molecule has 0 bridgehead atoms. The van der Waals surface area contributed by atoms with Gasteiger partial charge in [0.1, 0.15) is 6.54 Å². The van der Waals surface area contributed by atoms with E-state index in [0.717, 1.165) is 28.1 Å². The Kier molecular flexibility index (Phi) is 5.78. The zero-order valence-electron chi connectivity index (χ0n) is 13.3. The summed E-state index contributed by atoms with van der Waals surface area (Å²) < 4.78 is 25.1. The minimum absolute atomic E-state index is 0.0265. The molecule has 0 saturated carbocycles. The predicted octanol–water partition coefficient (Wildman–Crippen LogP) is 1.98. The molecule has 0 unspecified atom stereocenters. The van der Waals surface area contributed by atoms with E-state index in [-0.39, 0.29) is 18.5 Å². The molecule has 0 fully saturated rings. The molecule has 1 amide bonds. The Balaban J connectivity index is 3.02. The molecule has 6 heteroatoms. The second-order valence-corrected chi connectivity index (χ2v) is 7.32. The van der Waals surface area contributed by atoms with Crippen LogP contribution in [0.4, 0.5) is 5.69 Å². The molecular formula is C15H24N2O3S. The van der Waals surface area contributed by atoms with Crippen LogP contribution in [0.3, 0.4) is 0 Å². The number of aryl methyl sites for hydroxylation is 2. The van der Waals surface area contributed by atoms with E-state index in [2.05, 4.69) is 5.32 Å². The SMILES string of the molecule is CC[C@@H](C)NC(=O)CN(c1ccc(C)c(C)c1)S(C)(=O)=O. The van der Waals surface area contributed by atoms with Gasteiger partial charge in [0.05, 0.1) is 11.9 Å². The number of anilines is 1. The van der Waals surface area contributed by atoms with E-state index < -0.39 is 10.0 Å². The van der Waals surface area contributed by atoms with Crippen molar-refractivity contribution in [3.05, 3.63) is 29.3 Å². The number of hydrogen-bond acceptors (Lipinski definition) is 3. The highest BCUT2D eigenvalue weighted by molar-refractivity contribution is 7.92. The summed E-state index contributed by atoms with van der Waals surface area (Å²) in [6.45, 7) is 7.52. The van der Waals surface area contributed by atoms with Crippen molar-refractivity contribution in [1.29, 1.82) is 0 Å². The van der Waals surface area contributed by atoms with Gasteiger partial charge in [0.25, 0.3) is 0 Å². The van der Waals surface area contributed by atoms with E-state index in [1.165, 1.54) is 0 Å². The van der Waals surface area contributed by atoms with E-state index in [9.17, 15) is 13.2 Å². The van der Waals surface area contributed by atoms with Gasteiger partial charge in [-0.2, -0.15) is 0 Å². The van der Waals surface area contributed by atoms with Gasteiger partial charge >= 0.3 is 0 Å². The monoisotopic (exact) mass is 312 g/mol. The summed E-state index contributed by atoms with van der Waals surface area (Å²) in [6.07, 6.45) is 1.91. The molecular weight excluding hydrogens is 288 g/mol. The lowest BCUT2D eigenvalue weighted by molar-refractivity contribution is -0.120. The van der Waals surface area contributed by atoms with E-state index in [1.807, 2.05) is 33.8 Å². The van der Waals surface area contributed by atoms with Gasteiger partial charge < -0.3 is 5.32 Å². The topological polar surface area (TPSA) is 66.5 Å². The van der Waals surface area contributed by atoms with Crippen molar-refractivity contribution in [3.8, 4) is 0 Å². The number of amides is 1. The standard InChI is InChI=1S/C15H24N2O3S/c1-6-13(4)16-15(18)10-17(21(5,19)20)14-8-7-11(2)12(3)9-14/h7-9,13H,6,10H2,1-5H3,(H,16,18)/t13-/m1/s1. The quantitative estimate of drug-likeness (QED) is 0.873. The predicted molar refractivity (Wildman–Crippen MR) is 86.0 cm³/mol. The Labute approximate surface area is 127 Å². The van der Waals surface area contributed by atoms with Gasteiger partial charge in [0.2, 0.25) is 15.9 Å². The second-order valence-electron chi connectivity index (χ2n) is 5.42. The van der Waals surface area contributed by atoms with Crippen LogP contribution in [-0.4, -0.2) is 33.2 Å². The third-order valence-corrected chi connectivity index (χ3v) is 4.63. The van der Waals surface area contributed by atoms with E-state index >= 15 is 0 Å². The van der Waals surface area contributed by atoms with Crippen molar-refractivity contribution in [2.75, 3.05) is 17.1 Å². The Morgan fingerprint density at radius 2 is 1.90 bits per heavy atom. The first-order chi connectivity index (χ1) is 9.65. The normalized spacial score (nSPS) is 12.8. The molecule has 21 heavy (non-hydrogen) atoms. The number of carbonyl (C=O) groups is 1. The van der Waals surface area contributed by atoms with Crippen molar-refractivity contribution in [2.24, 2.45) is 0 Å². The Hall–Kier alpha value is -1.56. The fraction of sp³-hybridized carbons (Fsp3) is 0.533. The number of benzene rings is 1. The van der Waals surface area contributed by atoms with Gasteiger partial charge in [0, 0.05) is 6.04 Å². The highest BCUT2D eigenvalue weighted by Gasteiger charge is 2.21. The molecule has 118 valence electrons. The maximum atomic E-state index is 12.0. The van der Waals surface area contributed by atoms with Crippen LogP contribution in [-0.2, 0) is 14.8 Å². The zero-order valence-corrected chi connectivity index (χ0v) is 14.1. The molecule has 0 aliphatic carbocycles. The van der Waals surface area contributed by atoms with Crippen LogP contribution in [0.2, 0.25) is 0 Å². The molecule has 0 heterocycles. The molecule has 1 N–H and O–H groups in total. The van der Waals surface area contributed by atoms with Crippen LogP contribution < -0.4 is 9.62 Å². The van der Waals surface area contributed by atoms with Crippen LogP contribution in [0.15, 0.2) is 18.2 Å². The largest absolute Gasteiger partial charge is 0.352 e. The first kappa shape index (κ1) is 17.5. The van der Waals surface area contributed by atoms with Crippen molar-refractivity contribution in [1.82, 2.24) is 5.32 Å². The summed E-state index contributed by atoms with van der Waals surface area (Å²) in [4.78, 5) is 12.0. The van der Waals surface area contributed by atoms with E-state index in [1.54, 1.807) is 12.1 Å². The number of nitrogens with one attached hydrogen (secondary N) is 1. The van der Waals surface area contributed by atoms with Crippen molar-refractivity contribution < 1.29 is 13.2 Å². The lowest BCUT2D eigenvalue weighted by Gasteiger charge is -2.23. The fourth-order valence-electron chi connectivity index (χ4n) is 1.83. The maximum Gasteiger partial charge on any atom is 0.240 e. The van der Waals surface area contributed by atoms with Crippen molar-refractivity contribution in [3.63, 3.8) is 0 Å². The first-order valence-corrected chi connectivity index (χ1v) is 8.84. The van der Waals surface area contributed by atoms with E-state index in [0.29, 0.717) is 5.69 Å². The van der Waals surface area contributed by atoms with Gasteiger partial charge in [-0.05, 0) is 50.5 Å². The molecule has 0 radical (unpaired) electrons. The van der Waals surface area contributed by atoms with Gasteiger partial charge in [-0.25, -0.2) is 8.42 Å². The average molecular weight is 312 g/mol.